The summed E-state index contributed by atoms with van der Waals surface area (Å²) in [4.78, 5) is 25.3. The van der Waals surface area contributed by atoms with Crippen molar-refractivity contribution in [3.05, 3.63) is 18.2 Å². The molecule has 3 N–H and O–H groups in total. The Bertz CT molecular complexity index is 803. The molecule has 2 amide bonds. The van der Waals surface area contributed by atoms with Crippen molar-refractivity contribution < 1.29 is 27.5 Å². The first-order valence-corrected chi connectivity index (χ1v) is 10.0. The lowest BCUT2D eigenvalue weighted by Gasteiger charge is -2.32. The maximum Gasteiger partial charge on any atom is 0.241 e. The van der Waals surface area contributed by atoms with Gasteiger partial charge < -0.3 is 20.1 Å². The number of hydrogen-bond acceptors (Lipinski definition) is 6. The van der Waals surface area contributed by atoms with Gasteiger partial charge in [-0.15, -0.1) is 0 Å². The second-order valence-electron chi connectivity index (χ2n) is 6.36. The molecule has 0 spiro atoms. The Morgan fingerprint density at radius 3 is 2.30 bits per heavy atom. The topological polar surface area (TPSA) is 128 Å². The molecule has 0 saturated carbocycles. The highest BCUT2D eigenvalue weighted by Crippen LogP contribution is 2.29. The summed E-state index contributed by atoms with van der Waals surface area (Å²) in [6.07, 6.45) is 0.965. The minimum atomic E-state index is -3.93. The number of hydrogen-bond donors (Lipinski definition) is 2. The van der Waals surface area contributed by atoms with Gasteiger partial charge in [-0.25, -0.2) is 8.42 Å². The van der Waals surface area contributed by atoms with E-state index in [0.717, 1.165) is 0 Å². The second kappa shape index (κ2) is 8.57. The highest BCUT2D eigenvalue weighted by Gasteiger charge is 2.30. The highest BCUT2D eigenvalue weighted by atomic mass is 32.2. The van der Waals surface area contributed by atoms with Crippen LogP contribution in [0.5, 0.6) is 11.5 Å². The summed E-state index contributed by atoms with van der Waals surface area (Å²) in [6.45, 7) is 2.23. The third-order valence-corrected chi connectivity index (χ3v) is 6.12. The van der Waals surface area contributed by atoms with Crippen LogP contribution in [0, 0.1) is 5.92 Å². The molecule has 1 fully saturated rings. The van der Waals surface area contributed by atoms with E-state index in [-0.39, 0.29) is 28.4 Å². The summed E-state index contributed by atoms with van der Waals surface area (Å²) in [5, 5.41) is 0. The molecule has 1 atom stereocenters. The van der Waals surface area contributed by atoms with Crippen LogP contribution in [0.25, 0.3) is 0 Å². The highest BCUT2D eigenvalue weighted by molar-refractivity contribution is 7.89. The molecule has 10 heteroatoms. The van der Waals surface area contributed by atoms with Crippen LogP contribution in [-0.4, -0.2) is 58.5 Å². The van der Waals surface area contributed by atoms with Crippen molar-refractivity contribution >= 4 is 21.8 Å². The summed E-state index contributed by atoms with van der Waals surface area (Å²) in [5.41, 5.74) is 5.29. The molecule has 1 aromatic carbocycles. The van der Waals surface area contributed by atoms with E-state index < -0.39 is 16.1 Å². The molecular formula is C17H25N3O6S. The fourth-order valence-corrected chi connectivity index (χ4v) is 4.20. The van der Waals surface area contributed by atoms with E-state index >= 15 is 0 Å². The Morgan fingerprint density at radius 1 is 1.19 bits per heavy atom. The molecule has 1 heterocycles. The van der Waals surface area contributed by atoms with Crippen LogP contribution in [0.2, 0.25) is 0 Å². The number of methoxy groups -OCH3 is 2. The summed E-state index contributed by atoms with van der Waals surface area (Å²) >= 11 is 0. The maximum absolute atomic E-state index is 12.6. The fraction of sp³-hybridized carbons (Fsp3) is 0.529. The van der Waals surface area contributed by atoms with Crippen molar-refractivity contribution in [1.29, 1.82) is 0 Å². The van der Waals surface area contributed by atoms with Gasteiger partial charge in [-0.1, -0.05) is 0 Å². The van der Waals surface area contributed by atoms with Gasteiger partial charge in [0, 0.05) is 25.1 Å². The largest absolute Gasteiger partial charge is 0.493 e. The summed E-state index contributed by atoms with van der Waals surface area (Å²) in [6, 6.07) is 3.23. The van der Waals surface area contributed by atoms with E-state index in [1.165, 1.54) is 39.3 Å². The summed E-state index contributed by atoms with van der Waals surface area (Å²) in [5.74, 6) is -0.287. The molecule has 27 heavy (non-hydrogen) atoms. The van der Waals surface area contributed by atoms with Crippen LogP contribution >= 0.6 is 0 Å². The van der Waals surface area contributed by atoms with Crippen LogP contribution in [-0.2, 0) is 19.6 Å². The number of carbonyl (C=O) groups excluding carboxylic acids is 2. The molecule has 9 nitrogen and oxygen atoms in total. The fourth-order valence-electron chi connectivity index (χ4n) is 2.99. The number of amides is 2. The molecule has 0 aliphatic carbocycles. The number of sulfonamides is 1. The predicted octanol–water partition coefficient (Wildman–Crippen LogP) is 0.0945. The summed E-state index contributed by atoms with van der Waals surface area (Å²) < 4.78 is 37.8. The van der Waals surface area contributed by atoms with E-state index in [0.29, 0.717) is 31.7 Å². The van der Waals surface area contributed by atoms with Crippen molar-refractivity contribution in [3.8, 4) is 11.5 Å². The second-order valence-corrected chi connectivity index (χ2v) is 8.08. The number of likely N-dealkylation sites (tertiary alicyclic amines) is 1. The molecule has 150 valence electrons. The first-order chi connectivity index (χ1) is 12.7. The minimum absolute atomic E-state index is 0.0350. The molecule has 2 rings (SSSR count). The van der Waals surface area contributed by atoms with Crippen LogP contribution < -0.4 is 19.9 Å². The van der Waals surface area contributed by atoms with Crippen LogP contribution in [0.3, 0.4) is 0 Å². The third kappa shape index (κ3) is 4.89. The number of piperidine rings is 1. The van der Waals surface area contributed by atoms with E-state index in [9.17, 15) is 18.0 Å². The minimum Gasteiger partial charge on any atom is -0.493 e. The van der Waals surface area contributed by atoms with Gasteiger partial charge in [0.25, 0.3) is 0 Å². The van der Waals surface area contributed by atoms with Crippen molar-refractivity contribution in [3.63, 3.8) is 0 Å². The van der Waals surface area contributed by atoms with Crippen molar-refractivity contribution in [2.45, 2.75) is 30.7 Å². The van der Waals surface area contributed by atoms with Gasteiger partial charge in [0.1, 0.15) is 0 Å². The number of ether oxygens (including phenoxy) is 2. The van der Waals surface area contributed by atoms with Crippen molar-refractivity contribution in [1.82, 2.24) is 9.62 Å². The van der Waals surface area contributed by atoms with Gasteiger partial charge >= 0.3 is 0 Å². The van der Waals surface area contributed by atoms with E-state index in [2.05, 4.69) is 4.72 Å². The maximum atomic E-state index is 12.6. The molecular weight excluding hydrogens is 374 g/mol. The number of nitrogens with zero attached hydrogens (tertiary/aromatic N) is 1. The standard InChI is InChI=1S/C17H25N3O6S/c1-11(17(22)20-8-6-12(7-9-20)16(18)21)19-27(23,24)13-4-5-14(25-2)15(10-13)26-3/h4-5,10-12,19H,6-9H2,1-3H3,(H2,18,21)/t11-/m1/s1. The predicted molar refractivity (Wildman–Crippen MR) is 97.8 cm³/mol. The third-order valence-electron chi connectivity index (χ3n) is 4.58. The Morgan fingerprint density at radius 2 is 1.78 bits per heavy atom. The Hall–Kier alpha value is -2.33. The van der Waals surface area contributed by atoms with Crippen molar-refractivity contribution in [2.24, 2.45) is 11.7 Å². The average Bonchev–Trinajstić information content (AvgIpc) is 2.66. The average molecular weight is 399 g/mol. The number of nitrogens with one attached hydrogen (secondary N) is 1. The van der Waals surface area contributed by atoms with E-state index in [1.54, 1.807) is 4.90 Å². The SMILES string of the molecule is COc1ccc(S(=O)(=O)N[C@H](C)C(=O)N2CCC(C(N)=O)CC2)cc1OC. The Labute approximate surface area is 158 Å². The molecule has 1 aromatic rings. The zero-order valence-corrected chi connectivity index (χ0v) is 16.4. The first kappa shape index (κ1) is 21.0. The lowest BCUT2D eigenvalue weighted by Crippen LogP contribution is -2.50. The smallest absolute Gasteiger partial charge is 0.241 e. The Kier molecular flexibility index (Phi) is 6.66. The van der Waals surface area contributed by atoms with Gasteiger partial charge in [-0.2, -0.15) is 4.72 Å². The monoisotopic (exact) mass is 399 g/mol. The van der Waals surface area contributed by atoms with Crippen LogP contribution in [0.4, 0.5) is 0 Å². The molecule has 1 aliphatic heterocycles. The number of carbonyl (C=O) groups is 2. The first-order valence-electron chi connectivity index (χ1n) is 8.52. The number of nitrogens with two attached hydrogens (primary N) is 1. The zero-order chi connectivity index (χ0) is 20.2. The molecule has 0 unspecified atom stereocenters. The van der Waals surface area contributed by atoms with Gasteiger partial charge in [-0.3, -0.25) is 9.59 Å². The number of rotatable bonds is 7. The quantitative estimate of drug-likeness (QED) is 0.669. The van der Waals surface area contributed by atoms with Crippen LogP contribution in [0.15, 0.2) is 23.1 Å². The summed E-state index contributed by atoms with van der Waals surface area (Å²) in [7, 11) is -1.08. The zero-order valence-electron chi connectivity index (χ0n) is 15.6. The molecule has 1 aliphatic rings. The van der Waals surface area contributed by atoms with Gasteiger partial charge in [0.05, 0.1) is 25.2 Å². The normalized spacial score (nSPS) is 16.6. The lowest BCUT2D eigenvalue weighted by molar-refractivity contribution is -0.136. The molecule has 1 saturated heterocycles. The van der Waals surface area contributed by atoms with Gasteiger partial charge in [0.15, 0.2) is 11.5 Å². The van der Waals surface area contributed by atoms with Gasteiger partial charge in [-0.05, 0) is 31.9 Å². The van der Waals surface area contributed by atoms with Crippen LogP contribution in [0.1, 0.15) is 19.8 Å². The molecule has 0 radical (unpaired) electrons. The lowest BCUT2D eigenvalue weighted by atomic mass is 9.96. The Balaban J connectivity index is 2.06. The van der Waals surface area contributed by atoms with E-state index in [4.69, 9.17) is 15.2 Å². The van der Waals surface area contributed by atoms with Crippen molar-refractivity contribution in [2.75, 3.05) is 27.3 Å². The number of benzene rings is 1. The molecule has 0 bridgehead atoms. The van der Waals surface area contributed by atoms with E-state index in [1.807, 2.05) is 0 Å². The van der Waals surface area contributed by atoms with Gasteiger partial charge in [0.2, 0.25) is 21.8 Å². The molecule has 0 aromatic heterocycles. The number of primary amides is 1.